The van der Waals surface area contributed by atoms with Crippen molar-refractivity contribution >= 4 is 17.4 Å². The van der Waals surface area contributed by atoms with Crippen molar-refractivity contribution in [2.75, 3.05) is 12.3 Å². The summed E-state index contributed by atoms with van der Waals surface area (Å²) in [5, 5.41) is 0.512. The molecule has 0 bridgehead atoms. The fraction of sp³-hybridized carbons (Fsp3) is 0.231. The van der Waals surface area contributed by atoms with E-state index in [1.807, 2.05) is 19.1 Å². The lowest BCUT2D eigenvalue weighted by atomic mass is 10.3. The summed E-state index contributed by atoms with van der Waals surface area (Å²) in [6, 6.07) is 8.60. The maximum absolute atomic E-state index is 11.8. The van der Waals surface area contributed by atoms with Gasteiger partial charge in [0.1, 0.15) is 6.73 Å². The number of nitrogens with one attached hydrogen (secondary N) is 1. The molecule has 0 saturated heterocycles. The number of nitrogens with two attached hydrogens (primary N) is 1. The zero-order chi connectivity index (χ0) is 14.5. The average molecular weight is 293 g/mol. The van der Waals surface area contributed by atoms with E-state index in [1.54, 1.807) is 12.1 Å². The molecule has 2 aromatic rings. The normalized spacial score (nSPS) is 10.7. The summed E-state index contributed by atoms with van der Waals surface area (Å²) in [7, 11) is 0. The molecule has 6 nitrogen and oxygen atoms in total. The first-order chi connectivity index (χ1) is 9.60. The maximum atomic E-state index is 11.8. The molecular weight excluding hydrogens is 278 g/mol. The van der Waals surface area contributed by atoms with E-state index >= 15 is 0 Å². The molecule has 106 valence electrons. The Balaban J connectivity index is 2.39. The highest BCUT2D eigenvalue weighted by atomic mass is 32.2. The van der Waals surface area contributed by atoms with Crippen LogP contribution >= 0.6 is 11.8 Å². The molecule has 7 heteroatoms. The van der Waals surface area contributed by atoms with Crippen LogP contribution in [0.3, 0.4) is 0 Å². The van der Waals surface area contributed by atoms with Crippen molar-refractivity contribution in [2.24, 2.45) is 0 Å². The van der Waals surface area contributed by atoms with Gasteiger partial charge in [0.25, 0.3) is 5.56 Å². The molecular formula is C13H15N3O3S. The van der Waals surface area contributed by atoms with E-state index in [9.17, 15) is 9.59 Å². The van der Waals surface area contributed by atoms with Crippen LogP contribution < -0.4 is 17.0 Å². The van der Waals surface area contributed by atoms with Crippen molar-refractivity contribution in [3.05, 3.63) is 51.2 Å². The second-order valence-corrected chi connectivity index (χ2v) is 5.10. The summed E-state index contributed by atoms with van der Waals surface area (Å²) in [6.07, 6.45) is 0. The fourth-order valence-electron chi connectivity index (χ4n) is 1.59. The maximum Gasteiger partial charge on any atom is 0.331 e. The van der Waals surface area contributed by atoms with Gasteiger partial charge < -0.3 is 10.5 Å². The zero-order valence-corrected chi connectivity index (χ0v) is 11.8. The summed E-state index contributed by atoms with van der Waals surface area (Å²) < 4.78 is 6.62. The third kappa shape index (κ3) is 3.52. The Labute approximate surface area is 119 Å². The van der Waals surface area contributed by atoms with E-state index in [0.29, 0.717) is 17.3 Å². The van der Waals surface area contributed by atoms with Crippen molar-refractivity contribution in [1.82, 2.24) is 9.55 Å². The summed E-state index contributed by atoms with van der Waals surface area (Å²) in [4.78, 5) is 26.3. The molecule has 2 rings (SSSR count). The van der Waals surface area contributed by atoms with E-state index in [2.05, 4.69) is 4.98 Å². The van der Waals surface area contributed by atoms with Crippen molar-refractivity contribution < 1.29 is 4.74 Å². The van der Waals surface area contributed by atoms with Crippen molar-refractivity contribution in [2.45, 2.75) is 23.6 Å². The number of benzene rings is 1. The van der Waals surface area contributed by atoms with Gasteiger partial charge in [-0.15, -0.1) is 0 Å². The first-order valence-electron chi connectivity index (χ1n) is 6.05. The minimum absolute atomic E-state index is 0.0940. The average Bonchev–Trinajstić information content (AvgIpc) is 2.37. The van der Waals surface area contributed by atoms with Gasteiger partial charge in [-0.1, -0.05) is 17.8 Å². The Hall–Kier alpha value is -1.99. The smallest absolute Gasteiger partial charge is 0.331 e. The first-order valence-corrected chi connectivity index (χ1v) is 6.87. The van der Waals surface area contributed by atoms with Crippen LogP contribution in [0.15, 0.2) is 49.8 Å². The van der Waals surface area contributed by atoms with Gasteiger partial charge in [0.15, 0.2) is 0 Å². The molecule has 0 aliphatic carbocycles. The largest absolute Gasteiger partial charge is 0.399 e. The minimum atomic E-state index is -0.489. The van der Waals surface area contributed by atoms with Gasteiger partial charge in [-0.25, -0.2) is 4.79 Å². The van der Waals surface area contributed by atoms with Crippen LogP contribution in [0.2, 0.25) is 0 Å². The fourth-order valence-corrected chi connectivity index (χ4v) is 2.58. The summed E-state index contributed by atoms with van der Waals surface area (Å²) in [6.45, 7) is 2.41. The van der Waals surface area contributed by atoms with Crippen molar-refractivity contribution in [3.8, 4) is 0 Å². The van der Waals surface area contributed by atoms with Crippen LogP contribution in [0.5, 0.6) is 0 Å². The highest BCUT2D eigenvalue weighted by Gasteiger charge is 2.08. The number of nitrogen functional groups attached to an aromatic ring is 1. The number of hydrogen-bond acceptors (Lipinski definition) is 5. The highest BCUT2D eigenvalue weighted by molar-refractivity contribution is 7.99. The van der Waals surface area contributed by atoms with Crippen LogP contribution in [-0.4, -0.2) is 16.2 Å². The number of aromatic nitrogens is 2. The molecule has 0 saturated carbocycles. The molecule has 0 amide bonds. The number of aromatic amines is 1. The van der Waals surface area contributed by atoms with E-state index < -0.39 is 11.2 Å². The van der Waals surface area contributed by atoms with Gasteiger partial charge >= 0.3 is 5.69 Å². The SMILES string of the molecule is CCOCn1c(Sc2cccc(N)c2)cc(=O)[nH]c1=O. The minimum Gasteiger partial charge on any atom is -0.399 e. The van der Waals surface area contributed by atoms with Crippen LogP contribution in [0.25, 0.3) is 0 Å². The molecule has 0 radical (unpaired) electrons. The lowest BCUT2D eigenvalue weighted by Gasteiger charge is -2.11. The van der Waals surface area contributed by atoms with Crippen molar-refractivity contribution in [3.63, 3.8) is 0 Å². The predicted molar refractivity (Wildman–Crippen MR) is 77.9 cm³/mol. The highest BCUT2D eigenvalue weighted by Crippen LogP contribution is 2.27. The summed E-state index contributed by atoms with van der Waals surface area (Å²) >= 11 is 1.29. The van der Waals surface area contributed by atoms with Crippen molar-refractivity contribution in [1.29, 1.82) is 0 Å². The van der Waals surface area contributed by atoms with Crippen LogP contribution in [0.1, 0.15) is 6.92 Å². The number of nitrogens with zero attached hydrogens (tertiary/aromatic N) is 1. The number of anilines is 1. The van der Waals surface area contributed by atoms with E-state index in [0.717, 1.165) is 4.90 Å². The molecule has 0 aliphatic rings. The third-order valence-corrected chi connectivity index (χ3v) is 3.54. The van der Waals surface area contributed by atoms with Crippen LogP contribution in [0, 0.1) is 0 Å². The molecule has 0 spiro atoms. The number of H-pyrrole nitrogens is 1. The Morgan fingerprint density at radius 2 is 2.15 bits per heavy atom. The zero-order valence-electron chi connectivity index (χ0n) is 11.0. The Morgan fingerprint density at radius 3 is 2.85 bits per heavy atom. The van der Waals surface area contributed by atoms with E-state index in [-0.39, 0.29) is 6.73 Å². The van der Waals surface area contributed by atoms with Gasteiger partial charge in [-0.05, 0) is 25.1 Å². The topological polar surface area (TPSA) is 90.1 Å². The Bertz CT molecular complexity index is 708. The van der Waals surface area contributed by atoms with Crippen LogP contribution in [0.4, 0.5) is 5.69 Å². The standard InChI is InChI=1S/C13H15N3O3S/c1-2-19-8-16-12(7-11(17)15-13(16)18)20-10-5-3-4-9(14)6-10/h3-7H,2,8,14H2,1H3,(H,15,17,18). The molecule has 0 aliphatic heterocycles. The molecule has 0 unspecified atom stereocenters. The first kappa shape index (κ1) is 14.4. The summed E-state index contributed by atoms with van der Waals surface area (Å²) in [5.74, 6) is 0. The molecule has 20 heavy (non-hydrogen) atoms. The lowest BCUT2D eigenvalue weighted by Crippen LogP contribution is -2.31. The number of ether oxygens (including phenoxy) is 1. The Kier molecular flexibility index (Phi) is 4.65. The third-order valence-electron chi connectivity index (χ3n) is 2.50. The van der Waals surface area contributed by atoms with Gasteiger partial charge in [0, 0.05) is 23.3 Å². The molecule has 1 aromatic heterocycles. The molecule has 1 aromatic carbocycles. The molecule has 0 atom stereocenters. The second kappa shape index (κ2) is 6.44. The number of rotatable bonds is 5. The predicted octanol–water partition coefficient (Wildman–Crippen LogP) is 1.26. The molecule has 1 heterocycles. The lowest BCUT2D eigenvalue weighted by molar-refractivity contribution is 0.0783. The quantitative estimate of drug-likeness (QED) is 0.640. The van der Waals surface area contributed by atoms with Gasteiger partial charge in [0.2, 0.25) is 0 Å². The number of hydrogen-bond donors (Lipinski definition) is 2. The van der Waals surface area contributed by atoms with Gasteiger partial charge in [-0.3, -0.25) is 14.3 Å². The molecule has 3 N–H and O–H groups in total. The van der Waals surface area contributed by atoms with E-state index in [1.165, 1.54) is 22.4 Å². The van der Waals surface area contributed by atoms with Crippen LogP contribution in [-0.2, 0) is 11.5 Å². The molecule has 0 fully saturated rings. The van der Waals surface area contributed by atoms with E-state index in [4.69, 9.17) is 10.5 Å². The monoisotopic (exact) mass is 293 g/mol. The summed E-state index contributed by atoms with van der Waals surface area (Å²) in [5.41, 5.74) is 5.41. The second-order valence-electron chi connectivity index (χ2n) is 4.00. The van der Waals surface area contributed by atoms with Gasteiger partial charge in [-0.2, -0.15) is 0 Å². The Morgan fingerprint density at radius 1 is 1.35 bits per heavy atom. The van der Waals surface area contributed by atoms with Gasteiger partial charge in [0.05, 0.1) is 5.03 Å².